The molecule has 0 spiro atoms. The molecule has 1 atom stereocenters. The molecule has 5 heteroatoms. The quantitative estimate of drug-likeness (QED) is 0.808. The minimum absolute atomic E-state index is 0.140. The van der Waals surface area contributed by atoms with Crippen molar-refractivity contribution in [3.8, 4) is 0 Å². The Labute approximate surface area is 154 Å². The van der Waals surface area contributed by atoms with Crippen LogP contribution in [0.1, 0.15) is 56.4 Å². The summed E-state index contributed by atoms with van der Waals surface area (Å²) in [6.07, 6.45) is 6.97. The third-order valence-electron chi connectivity index (χ3n) is 6.15. The molecule has 2 amide bonds. The molecule has 0 aromatic heterocycles. The van der Waals surface area contributed by atoms with Crippen molar-refractivity contribution in [2.75, 3.05) is 13.1 Å². The summed E-state index contributed by atoms with van der Waals surface area (Å²) < 4.78 is 0. The summed E-state index contributed by atoms with van der Waals surface area (Å²) in [6, 6.07) is 8.14. The fraction of sp³-hybridized carbons (Fsp3) is 0.600. The average Bonchev–Trinajstić information content (AvgIpc) is 2.65. The van der Waals surface area contributed by atoms with Crippen LogP contribution in [0.4, 0.5) is 0 Å². The number of carbonyl (C=O) groups excluding carboxylic acids is 2. The normalized spacial score (nSPS) is 30.4. The van der Waals surface area contributed by atoms with Crippen LogP contribution in [-0.2, 0) is 9.59 Å². The monoisotopic (exact) mass is 360 g/mol. The fourth-order valence-corrected chi connectivity index (χ4v) is 4.98. The standard InChI is InChI=1S/C20H25ClN2O2/c21-16-5-3-4-15(12-16)14-7-9-17(10-8-14)23-13-19(24)22-11-2-1-6-18(22)20(23)25/h3-5,12,14,17-18H,1-2,6-11,13H2. The maximum Gasteiger partial charge on any atom is 0.246 e. The van der Waals surface area contributed by atoms with Crippen molar-refractivity contribution in [1.82, 2.24) is 9.80 Å². The van der Waals surface area contributed by atoms with E-state index in [1.807, 2.05) is 21.9 Å². The number of hydrogen-bond donors (Lipinski definition) is 0. The van der Waals surface area contributed by atoms with Gasteiger partial charge in [0.2, 0.25) is 11.8 Å². The number of hydrogen-bond acceptors (Lipinski definition) is 2. The van der Waals surface area contributed by atoms with Crippen LogP contribution in [0.15, 0.2) is 24.3 Å². The number of piperazine rings is 1. The van der Waals surface area contributed by atoms with E-state index < -0.39 is 0 Å². The van der Waals surface area contributed by atoms with Gasteiger partial charge in [-0.05, 0) is 68.6 Å². The SMILES string of the molecule is O=C1C2CCCCN2C(=O)CN1C1CCC(c2cccc(Cl)c2)CC1. The van der Waals surface area contributed by atoms with Gasteiger partial charge in [0.25, 0.3) is 0 Å². The molecule has 1 aromatic carbocycles. The summed E-state index contributed by atoms with van der Waals surface area (Å²) in [5, 5.41) is 0.786. The third-order valence-corrected chi connectivity index (χ3v) is 6.39. The topological polar surface area (TPSA) is 40.6 Å². The smallest absolute Gasteiger partial charge is 0.246 e. The fourth-order valence-electron chi connectivity index (χ4n) is 4.78. The number of amides is 2. The Morgan fingerprint density at radius 2 is 1.76 bits per heavy atom. The van der Waals surface area contributed by atoms with Crippen LogP contribution < -0.4 is 0 Å². The zero-order valence-corrected chi connectivity index (χ0v) is 15.3. The highest BCUT2D eigenvalue weighted by Crippen LogP contribution is 2.37. The van der Waals surface area contributed by atoms with Gasteiger partial charge in [-0.25, -0.2) is 0 Å². The van der Waals surface area contributed by atoms with Gasteiger partial charge in [-0.1, -0.05) is 23.7 Å². The first-order chi connectivity index (χ1) is 12.1. The molecular formula is C20H25ClN2O2. The van der Waals surface area contributed by atoms with E-state index in [1.54, 1.807) is 0 Å². The summed E-state index contributed by atoms with van der Waals surface area (Å²) in [4.78, 5) is 29.1. The summed E-state index contributed by atoms with van der Waals surface area (Å²) >= 11 is 6.12. The Morgan fingerprint density at radius 1 is 0.960 bits per heavy atom. The lowest BCUT2D eigenvalue weighted by molar-refractivity contribution is -0.160. The molecule has 0 radical (unpaired) electrons. The first kappa shape index (κ1) is 16.9. The van der Waals surface area contributed by atoms with Gasteiger partial charge in [0.05, 0.1) is 0 Å². The number of halogens is 1. The van der Waals surface area contributed by atoms with E-state index in [4.69, 9.17) is 11.6 Å². The molecule has 4 nitrogen and oxygen atoms in total. The van der Waals surface area contributed by atoms with E-state index >= 15 is 0 Å². The predicted molar refractivity (Wildman–Crippen MR) is 97.5 cm³/mol. The van der Waals surface area contributed by atoms with Crippen LogP contribution in [0.5, 0.6) is 0 Å². The van der Waals surface area contributed by atoms with E-state index in [0.29, 0.717) is 5.92 Å². The number of fused-ring (bicyclic) bond motifs is 1. The highest BCUT2D eigenvalue weighted by Gasteiger charge is 2.43. The number of rotatable bonds is 2. The molecule has 4 rings (SSSR count). The van der Waals surface area contributed by atoms with Crippen LogP contribution in [0.3, 0.4) is 0 Å². The van der Waals surface area contributed by atoms with Gasteiger partial charge in [-0.15, -0.1) is 0 Å². The summed E-state index contributed by atoms with van der Waals surface area (Å²) in [5.41, 5.74) is 1.30. The summed E-state index contributed by atoms with van der Waals surface area (Å²) in [5.74, 6) is 0.837. The number of piperidine rings is 1. The van der Waals surface area contributed by atoms with Crippen LogP contribution >= 0.6 is 11.6 Å². The lowest BCUT2D eigenvalue weighted by Gasteiger charge is -2.46. The molecule has 2 heterocycles. The zero-order chi connectivity index (χ0) is 17.4. The second-order valence-electron chi connectivity index (χ2n) is 7.63. The molecule has 2 aliphatic heterocycles. The lowest BCUT2D eigenvalue weighted by Crippen LogP contribution is -2.63. The van der Waals surface area contributed by atoms with Crippen molar-refractivity contribution < 1.29 is 9.59 Å². The van der Waals surface area contributed by atoms with Gasteiger partial charge < -0.3 is 9.80 Å². The first-order valence-corrected chi connectivity index (χ1v) is 9.86. The molecule has 134 valence electrons. The Bertz CT molecular complexity index is 669. The summed E-state index contributed by atoms with van der Waals surface area (Å²) in [7, 11) is 0. The van der Waals surface area contributed by atoms with Gasteiger partial charge in [-0.2, -0.15) is 0 Å². The molecule has 25 heavy (non-hydrogen) atoms. The molecule has 0 N–H and O–H groups in total. The molecule has 1 saturated carbocycles. The van der Waals surface area contributed by atoms with Crippen LogP contribution in [0.2, 0.25) is 5.02 Å². The molecule has 0 bridgehead atoms. The first-order valence-electron chi connectivity index (χ1n) is 9.49. The maximum absolute atomic E-state index is 12.9. The largest absolute Gasteiger partial charge is 0.329 e. The van der Waals surface area contributed by atoms with Crippen LogP contribution in [-0.4, -0.2) is 46.8 Å². The van der Waals surface area contributed by atoms with Gasteiger partial charge in [0.1, 0.15) is 12.6 Å². The average molecular weight is 361 g/mol. The lowest BCUT2D eigenvalue weighted by atomic mass is 9.80. The summed E-state index contributed by atoms with van der Waals surface area (Å²) in [6.45, 7) is 1.03. The highest BCUT2D eigenvalue weighted by atomic mass is 35.5. The Balaban J connectivity index is 1.42. The van der Waals surface area contributed by atoms with Crippen molar-refractivity contribution in [3.63, 3.8) is 0 Å². The Kier molecular flexibility index (Phi) is 4.72. The predicted octanol–water partition coefficient (Wildman–Crippen LogP) is 3.59. The van der Waals surface area contributed by atoms with Crippen LogP contribution in [0.25, 0.3) is 0 Å². The van der Waals surface area contributed by atoms with Gasteiger partial charge in [0.15, 0.2) is 0 Å². The van der Waals surface area contributed by atoms with Crippen LogP contribution in [0, 0.1) is 0 Å². The number of carbonyl (C=O) groups is 2. The molecule has 3 fully saturated rings. The van der Waals surface area contributed by atoms with E-state index in [2.05, 4.69) is 12.1 Å². The van der Waals surface area contributed by atoms with Gasteiger partial charge in [0, 0.05) is 17.6 Å². The van der Waals surface area contributed by atoms with Gasteiger partial charge in [-0.3, -0.25) is 9.59 Å². The van der Waals surface area contributed by atoms with Crippen molar-refractivity contribution in [3.05, 3.63) is 34.9 Å². The van der Waals surface area contributed by atoms with E-state index in [-0.39, 0.29) is 30.4 Å². The highest BCUT2D eigenvalue weighted by molar-refractivity contribution is 6.30. The molecule has 1 aromatic rings. The second-order valence-corrected chi connectivity index (χ2v) is 8.06. The maximum atomic E-state index is 12.9. The minimum Gasteiger partial charge on any atom is -0.329 e. The van der Waals surface area contributed by atoms with Crippen molar-refractivity contribution in [2.45, 2.75) is 62.9 Å². The number of nitrogens with zero attached hydrogens (tertiary/aromatic N) is 2. The third kappa shape index (κ3) is 3.29. The van der Waals surface area contributed by atoms with Gasteiger partial charge >= 0.3 is 0 Å². The molecular weight excluding hydrogens is 336 g/mol. The van der Waals surface area contributed by atoms with Crippen molar-refractivity contribution >= 4 is 23.4 Å². The molecule has 1 unspecified atom stereocenters. The Hall–Kier alpha value is -1.55. The van der Waals surface area contributed by atoms with Crippen molar-refractivity contribution in [1.29, 1.82) is 0 Å². The molecule has 2 saturated heterocycles. The van der Waals surface area contributed by atoms with E-state index in [9.17, 15) is 9.59 Å². The molecule has 3 aliphatic rings. The Morgan fingerprint density at radius 3 is 2.52 bits per heavy atom. The zero-order valence-electron chi connectivity index (χ0n) is 14.5. The number of benzene rings is 1. The van der Waals surface area contributed by atoms with E-state index in [0.717, 1.165) is 56.5 Å². The van der Waals surface area contributed by atoms with Crippen molar-refractivity contribution in [2.24, 2.45) is 0 Å². The second kappa shape index (κ2) is 6.99. The minimum atomic E-state index is -0.194. The van der Waals surface area contributed by atoms with E-state index in [1.165, 1.54) is 5.56 Å². The molecule has 1 aliphatic carbocycles.